The van der Waals surface area contributed by atoms with E-state index in [4.69, 9.17) is 14.2 Å². The smallest absolute Gasteiger partial charge is 0.338 e. The number of carbonyl (C=O) groups excluding carboxylic acids is 6. The number of ether oxygens (including phenoxy) is 3. The first kappa shape index (κ1) is 41.0. The molecule has 282 valence electrons. The van der Waals surface area contributed by atoms with Gasteiger partial charge in [0.2, 0.25) is 0 Å². The standard InChI is InChI=1S/C43H44O11/c1-41(2,3)35(44)29-14-8-11-26(17-29)23-52-38(47)32-20-33(39(48)53-24-27-12-9-15-30(18-27)36(45)42(4,5)50)22-34(21-32)40(49)54-25-28-13-10-16-31(19-28)37(46)43(6,7)51/h8-22,50-51H,23-25H2,1-7H3. The lowest BCUT2D eigenvalue weighted by Gasteiger charge is -2.17. The van der Waals surface area contributed by atoms with Gasteiger partial charge in [0.25, 0.3) is 0 Å². The molecule has 0 aromatic heterocycles. The quantitative estimate of drug-likeness (QED) is 0.0785. The zero-order valence-electron chi connectivity index (χ0n) is 31.4. The number of carbonyl (C=O) groups is 6. The molecule has 54 heavy (non-hydrogen) atoms. The van der Waals surface area contributed by atoms with Gasteiger partial charge in [0.1, 0.15) is 31.0 Å². The highest BCUT2D eigenvalue weighted by Gasteiger charge is 2.27. The van der Waals surface area contributed by atoms with Crippen LogP contribution in [0.25, 0.3) is 0 Å². The highest BCUT2D eigenvalue weighted by molar-refractivity contribution is 6.03. The zero-order chi connectivity index (χ0) is 40.0. The molecule has 0 heterocycles. The Hall–Kier alpha value is -5.78. The van der Waals surface area contributed by atoms with Crippen molar-refractivity contribution in [3.8, 4) is 0 Å². The van der Waals surface area contributed by atoms with E-state index in [1.165, 1.54) is 70.2 Å². The molecule has 2 N–H and O–H groups in total. The molecule has 4 rings (SSSR count). The van der Waals surface area contributed by atoms with Crippen LogP contribution in [0.5, 0.6) is 0 Å². The van der Waals surface area contributed by atoms with Crippen molar-refractivity contribution in [2.75, 3.05) is 0 Å². The zero-order valence-corrected chi connectivity index (χ0v) is 31.4. The summed E-state index contributed by atoms with van der Waals surface area (Å²) in [7, 11) is 0. The normalized spacial score (nSPS) is 11.7. The molecule has 0 saturated heterocycles. The molecule has 0 fully saturated rings. The molecule has 0 amide bonds. The van der Waals surface area contributed by atoms with Crippen LogP contribution in [0.15, 0.2) is 91.0 Å². The number of ketones is 3. The third kappa shape index (κ3) is 10.9. The van der Waals surface area contributed by atoms with Gasteiger partial charge in [-0.05, 0) is 80.8 Å². The molecule has 4 aromatic rings. The lowest BCUT2D eigenvalue weighted by molar-refractivity contribution is 0.0467. The van der Waals surface area contributed by atoms with E-state index >= 15 is 0 Å². The fourth-order valence-corrected chi connectivity index (χ4v) is 5.22. The predicted octanol–water partition coefficient (Wildman–Crippen LogP) is 6.89. The fraction of sp³-hybridized carbons (Fsp3) is 0.302. The molecule has 0 aliphatic carbocycles. The Morgan fingerprint density at radius 2 is 0.704 bits per heavy atom. The second-order valence-electron chi connectivity index (χ2n) is 15.0. The maximum Gasteiger partial charge on any atom is 0.338 e. The van der Waals surface area contributed by atoms with Crippen molar-refractivity contribution in [1.29, 1.82) is 0 Å². The Bertz CT molecular complexity index is 1840. The molecule has 11 heteroatoms. The van der Waals surface area contributed by atoms with Crippen molar-refractivity contribution in [1.82, 2.24) is 0 Å². The van der Waals surface area contributed by atoms with E-state index < -0.39 is 46.1 Å². The monoisotopic (exact) mass is 736 g/mol. The SMILES string of the molecule is CC(C)(C)C(=O)c1cccc(COC(=O)c2cc(C(=O)OCc3cccc(C(=O)C(C)(C)O)c3)cc(C(=O)OCc3cccc(C(=O)C(C)(C)O)c3)c2)c1. The first-order chi connectivity index (χ1) is 25.1. The van der Waals surface area contributed by atoms with Crippen LogP contribution < -0.4 is 0 Å². The molecule has 0 aliphatic heterocycles. The molecule has 4 aromatic carbocycles. The maximum atomic E-state index is 13.4. The van der Waals surface area contributed by atoms with Crippen molar-refractivity contribution in [2.24, 2.45) is 5.41 Å². The van der Waals surface area contributed by atoms with Gasteiger partial charge in [-0.15, -0.1) is 0 Å². The Morgan fingerprint density at radius 1 is 0.426 bits per heavy atom. The Balaban J connectivity index is 1.58. The summed E-state index contributed by atoms with van der Waals surface area (Å²) in [5.41, 5.74) is -2.01. The Labute approximate surface area is 313 Å². The van der Waals surface area contributed by atoms with Crippen LogP contribution in [0.3, 0.4) is 0 Å². The minimum Gasteiger partial charge on any atom is -0.457 e. The van der Waals surface area contributed by atoms with Gasteiger partial charge in [0, 0.05) is 22.1 Å². The molecule has 0 spiro atoms. The molecule has 0 atom stereocenters. The third-order valence-corrected chi connectivity index (χ3v) is 8.11. The fourth-order valence-electron chi connectivity index (χ4n) is 5.22. The average Bonchev–Trinajstić information content (AvgIpc) is 3.13. The second-order valence-corrected chi connectivity index (χ2v) is 15.0. The van der Waals surface area contributed by atoms with Crippen LogP contribution >= 0.6 is 0 Å². The lowest BCUT2D eigenvalue weighted by atomic mass is 9.86. The average molecular weight is 737 g/mol. The van der Waals surface area contributed by atoms with Crippen LogP contribution in [0, 0.1) is 5.41 Å². The van der Waals surface area contributed by atoms with Gasteiger partial charge in [-0.2, -0.15) is 0 Å². The highest BCUT2D eigenvalue weighted by atomic mass is 16.5. The number of hydrogen-bond acceptors (Lipinski definition) is 11. The van der Waals surface area contributed by atoms with Crippen LogP contribution in [-0.2, 0) is 34.0 Å². The van der Waals surface area contributed by atoms with E-state index in [9.17, 15) is 39.0 Å². The van der Waals surface area contributed by atoms with Gasteiger partial charge in [-0.25, -0.2) is 14.4 Å². The van der Waals surface area contributed by atoms with Crippen molar-refractivity contribution in [3.05, 3.63) is 141 Å². The largest absolute Gasteiger partial charge is 0.457 e. The third-order valence-electron chi connectivity index (χ3n) is 8.11. The summed E-state index contributed by atoms with van der Waals surface area (Å²) in [5, 5.41) is 20.2. The summed E-state index contributed by atoms with van der Waals surface area (Å²) >= 11 is 0. The van der Waals surface area contributed by atoms with E-state index in [1.807, 2.05) is 0 Å². The number of esters is 3. The summed E-state index contributed by atoms with van der Waals surface area (Å²) in [4.78, 5) is 78.0. The first-order valence-electron chi connectivity index (χ1n) is 17.2. The van der Waals surface area contributed by atoms with Gasteiger partial charge >= 0.3 is 17.9 Å². The molecular formula is C43H44O11. The second kappa shape index (κ2) is 16.5. The topological polar surface area (TPSA) is 171 Å². The van der Waals surface area contributed by atoms with Crippen molar-refractivity contribution >= 4 is 35.3 Å². The van der Waals surface area contributed by atoms with E-state index in [0.717, 1.165) is 0 Å². The van der Waals surface area contributed by atoms with E-state index in [0.29, 0.717) is 22.3 Å². The number of benzene rings is 4. The van der Waals surface area contributed by atoms with Crippen LogP contribution in [0.2, 0.25) is 0 Å². The number of Topliss-reactive ketones (excluding diaryl/α,β-unsaturated/α-hetero) is 3. The minimum atomic E-state index is -1.61. The van der Waals surface area contributed by atoms with Crippen molar-refractivity contribution < 1.29 is 53.2 Å². The summed E-state index contributed by atoms with van der Waals surface area (Å²) < 4.78 is 16.5. The maximum absolute atomic E-state index is 13.4. The first-order valence-corrected chi connectivity index (χ1v) is 17.2. The van der Waals surface area contributed by atoms with Crippen LogP contribution in [-0.4, -0.2) is 56.7 Å². The molecule has 11 nitrogen and oxygen atoms in total. The van der Waals surface area contributed by atoms with E-state index in [-0.39, 0.29) is 53.4 Å². The summed E-state index contributed by atoms with van der Waals surface area (Å²) in [6.07, 6.45) is 0. The lowest BCUT2D eigenvalue weighted by Crippen LogP contribution is -2.31. The highest BCUT2D eigenvalue weighted by Crippen LogP contribution is 2.23. The molecule has 0 unspecified atom stereocenters. The molecular weight excluding hydrogens is 692 g/mol. The van der Waals surface area contributed by atoms with E-state index in [1.54, 1.807) is 69.3 Å². The van der Waals surface area contributed by atoms with Gasteiger partial charge < -0.3 is 24.4 Å². The predicted molar refractivity (Wildman–Crippen MR) is 198 cm³/mol. The minimum absolute atomic E-state index is 0.0869. The number of hydrogen-bond donors (Lipinski definition) is 2. The van der Waals surface area contributed by atoms with Gasteiger partial charge in [0.05, 0.1) is 16.7 Å². The van der Waals surface area contributed by atoms with Crippen LogP contribution in [0.4, 0.5) is 0 Å². The van der Waals surface area contributed by atoms with Gasteiger partial charge in [0.15, 0.2) is 17.3 Å². The van der Waals surface area contributed by atoms with Crippen molar-refractivity contribution in [2.45, 2.75) is 79.5 Å². The number of aliphatic hydroxyl groups is 2. The molecule has 0 aliphatic rings. The van der Waals surface area contributed by atoms with Gasteiger partial charge in [-0.3, -0.25) is 14.4 Å². The molecule has 0 radical (unpaired) electrons. The van der Waals surface area contributed by atoms with Crippen LogP contribution in [0.1, 0.15) is 127 Å². The molecule has 0 saturated carbocycles. The Kier molecular flexibility index (Phi) is 12.5. The number of rotatable bonds is 14. The van der Waals surface area contributed by atoms with E-state index in [2.05, 4.69) is 0 Å². The summed E-state index contributed by atoms with van der Waals surface area (Å²) in [6, 6.07) is 22.7. The summed E-state index contributed by atoms with van der Waals surface area (Å²) in [5.74, 6) is -3.80. The molecule has 0 bridgehead atoms. The summed E-state index contributed by atoms with van der Waals surface area (Å²) in [6.45, 7) is 10.1. The van der Waals surface area contributed by atoms with Gasteiger partial charge in [-0.1, -0.05) is 75.4 Å². The van der Waals surface area contributed by atoms with Crippen molar-refractivity contribution in [3.63, 3.8) is 0 Å². The Morgan fingerprint density at radius 3 is 0.963 bits per heavy atom.